The molecule has 116 valence electrons. The normalized spacial score (nSPS) is 15.8. The van der Waals surface area contributed by atoms with Gasteiger partial charge in [-0.3, -0.25) is 0 Å². The number of para-hydroxylation sites is 1. The number of piperazine rings is 1. The van der Waals surface area contributed by atoms with Gasteiger partial charge in [-0.25, -0.2) is 4.98 Å². The lowest BCUT2D eigenvalue weighted by atomic mass is 10.1. The highest BCUT2D eigenvalue weighted by molar-refractivity contribution is 7.80. The van der Waals surface area contributed by atoms with Gasteiger partial charge in [0.15, 0.2) is 5.11 Å². The van der Waals surface area contributed by atoms with E-state index in [1.54, 1.807) is 6.20 Å². The molecular weight excluding hydrogens is 294 g/mol. The lowest BCUT2D eigenvalue weighted by Gasteiger charge is -2.34. The van der Waals surface area contributed by atoms with Gasteiger partial charge in [0.05, 0.1) is 0 Å². The van der Waals surface area contributed by atoms with Crippen molar-refractivity contribution < 1.29 is 0 Å². The van der Waals surface area contributed by atoms with Crippen LogP contribution in [0.25, 0.3) is 0 Å². The number of rotatable bonds is 3. The van der Waals surface area contributed by atoms with E-state index in [9.17, 15) is 0 Å². The Balaban J connectivity index is 1.68. The van der Waals surface area contributed by atoms with E-state index in [0.717, 1.165) is 49.2 Å². The fourth-order valence-corrected chi connectivity index (χ4v) is 2.87. The lowest BCUT2D eigenvalue weighted by molar-refractivity contribution is 0.217. The summed E-state index contributed by atoms with van der Waals surface area (Å²) >= 11 is 5.58. The minimum atomic E-state index is 0.765. The van der Waals surface area contributed by atoms with Crippen LogP contribution in [0.1, 0.15) is 11.4 Å². The molecule has 1 aliphatic heterocycles. The molecule has 0 bridgehead atoms. The highest BCUT2D eigenvalue weighted by Gasteiger charge is 2.17. The summed E-state index contributed by atoms with van der Waals surface area (Å²) in [5.74, 6) is 0.958. The van der Waals surface area contributed by atoms with E-state index in [2.05, 4.69) is 44.3 Å². The second-order valence-electron chi connectivity index (χ2n) is 5.59. The minimum Gasteiger partial charge on any atom is -0.348 e. The van der Waals surface area contributed by atoms with E-state index in [4.69, 9.17) is 12.2 Å². The number of benzene rings is 1. The maximum atomic E-state index is 5.58. The molecule has 1 fully saturated rings. The Bertz CT molecular complexity index is 617. The molecule has 0 aliphatic carbocycles. The van der Waals surface area contributed by atoms with E-state index < -0.39 is 0 Å². The smallest absolute Gasteiger partial charge is 0.173 e. The average Bonchev–Trinajstić information content (AvgIpc) is 3.03. The fraction of sp³-hybridized carbons (Fsp3) is 0.375. The molecule has 5 nitrogen and oxygen atoms in total. The molecule has 1 aromatic carbocycles. The van der Waals surface area contributed by atoms with E-state index in [0.29, 0.717) is 0 Å². The van der Waals surface area contributed by atoms with Crippen LogP contribution in [-0.4, -0.2) is 58.1 Å². The summed E-state index contributed by atoms with van der Waals surface area (Å²) in [4.78, 5) is 12.0. The average molecular weight is 315 g/mol. The first-order valence-corrected chi connectivity index (χ1v) is 7.94. The zero-order chi connectivity index (χ0) is 15.4. The van der Waals surface area contributed by atoms with Crippen LogP contribution >= 0.6 is 12.2 Å². The number of H-pyrrole nitrogens is 1. The van der Waals surface area contributed by atoms with Crippen molar-refractivity contribution in [2.45, 2.75) is 6.42 Å². The van der Waals surface area contributed by atoms with Gasteiger partial charge in [0.25, 0.3) is 0 Å². The second-order valence-corrected chi connectivity index (χ2v) is 5.98. The van der Waals surface area contributed by atoms with Gasteiger partial charge in [-0.2, -0.15) is 0 Å². The molecule has 0 unspecified atom stereocenters. The molecule has 2 aromatic rings. The predicted octanol–water partition coefficient (Wildman–Crippen LogP) is 1.94. The van der Waals surface area contributed by atoms with Gasteiger partial charge in [-0.1, -0.05) is 18.2 Å². The van der Waals surface area contributed by atoms with Crippen molar-refractivity contribution in [2.75, 3.05) is 38.5 Å². The lowest BCUT2D eigenvalue weighted by Crippen LogP contribution is -2.48. The van der Waals surface area contributed by atoms with Gasteiger partial charge in [-0.15, -0.1) is 0 Å². The zero-order valence-corrected chi connectivity index (χ0v) is 13.6. The molecule has 0 atom stereocenters. The third kappa shape index (κ3) is 3.64. The Morgan fingerprint density at radius 3 is 2.77 bits per heavy atom. The highest BCUT2D eigenvalue weighted by Crippen LogP contribution is 2.18. The quantitative estimate of drug-likeness (QED) is 0.848. The third-order valence-electron chi connectivity index (χ3n) is 3.96. The number of hydrogen-bond acceptors (Lipinski definition) is 3. The molecule has 1 aliphatic rings. The molecule has 2 N–H and O–H groups in total. The van der Waals surface area contributed by atoms with Crippen LogP contribution in [0.3, 0.4) is 0 Å². The number of aromatic nitrogens is 2. The van der Waals surface area contributed by atoms with Crippen LogP contribution in [0.5, 0.6) is 0 Å². The number of nitrogens with zero attached hydrogens (tertiary/aromatic N) is 3. The number of likely N-dealkylation sites (N-methyl/N-ethyl adjacent to an activating group) is 1. The van der Waals surface area contributed by atoms with Crippen molar-refractivity contribution in [3.63, 3.8) is 0 Å². The molecule has 22 heavy (non-hydrogen) atoms. The van der Waals surface area contributed by atoms with Crippen molar-refractivity contribution in [1.29, 1.82) is 0 Å². The molecule has 0 amide bonds. The molecule has 2 heterocycles. The summed E-state index contributed by atoms with van der Waals surface area (Å²) in [7, 11) is 2.15. The van der Waals surface area contributed by atoms with E-state index in [-0.39, 0.29) is 0 Å². The van der Waals surface area contributed by atoms with Crippen LogP contribution in [-0.2, 0) is 6.42 Å². The molecule has 3 rings (SSSR count). The van der Waals surface area contributed by atoms with Gasteiger partial charge in [-0.05, 0) is 30.9 Å². The number of aromatic amines is 1. The molecule has 0 saturated carbocycles. The molecule has 1 saturated heterocycles. The summed E-state index contributed by atoms with van der Waals surface area (Å²) in [6, 6.07) is 8.25. The van der Waals surface area contributed by atoms with E-state index >= 15 is 0 Å². The number of imidazole rings is 1. The van der Waals surface area contributed by atoms with Crippen LogP contribution in [0.2, 0.25) is 0 Å². The summed E-state index contributed by atoms with van der Waals surface area (Å²) in [6.07, 6.45) is 4.39. The van der Waals surface area contributed by atoms with Gasteiger partial charge < -0.3 is 20.1 Å². The number of anilines is 1. The first-order chi connectivity index (χ1) is 10.7. The predicted molar refractivity (Wildman–Crippen MR) is 93.1 cm³/mol. The zero-order valence-electron chi connectivity index (χ0n) is 12.7. The number of thiocarbonyl (C=S) groups is 1. The van der Waals surface area contributed by atoms with Crippen molar-refractivity contribution in [3.05, 3.63) is 48.0 Å². The van der Waals surface area contributed by atoms with Gasteiger partial charge in [0.1, 0.15) is 5.82 Å². The summed E-state index contributed by atoms with van der Waals surface area (Å²) in [5, 5.41) is 4.21. The SMILES string of the molecule is CN1CCN(C(=S)Nc2ccccc2Cc2ncc[nH]2)CC1. The first-order valence-electron chi connectivity index (χ1n) is 7.53. The summed E-state index contributed by atoms with van der Waals surface area (Å²) < 4.78 is 0. The molecular formula is C16H21N5S. The van der Waals surface area contributed by atoms with Crippen LogP contribution in [0.15, 0.2) is 36.7 Å². The Morgan fingerprint density at radius 2 is 2.05 bits per heavy atom. The Hall–Kier alpha value is -1.92. The van der Waals surface area contributed by atoms with Crippen LogP contribution in [0, 0.1) is 0 Å². The number of nitrogens with one attached hydrogen (secondary N) is 2. The Kier molecular flexibility index (Phi) is 4.70. The van der Waals surface area contributed by atoms with Gasteiger partial charge in [0.2, 0.25) is 0 Å². The largest absolute Gasteiger partial charge is 0.348 e. The molecule has 0 radical (unpaired) electrons. The second kappa shape index (κ2) is 6.89. The molecule has 0 spiro atoms. The van der Waals surface area contributed by atoms with Crippen molar-refractivity contribution in [3.8, 4) is 0 Å². The van der Waals surface area contributed by atoms with Gasteiger partial charge >= 0.3 is 0 Å². The molecule has 1 aromatic heterocycles. The van der Waals surface area contributed by atoms with Crippen LogP contribution < -0.4 is 5.32 Å². The number of hydrogen-bond donors (Lipinski definition) is 2. The van der Waals surface area contributed by atoms with Gasteiger partial charge in [0, 0.05) is 50.7 Å². The minimum absolute atomic E-state index is 0.765. The summed E-state index contributed by atoms with van der Waals surface area (Å²) in [6.45, 7) is 4.05. The Morgan fingerprint density at radius 1 is 1.27 bits per heavy atom. The maximum Gasteiger partial charge on any atom is 0.173 e. The molecule has 6 heteroatoms. The standard InChI is InChI=1S/C16H21N5S/c1-20-8-10-21(11-9-20)16(22)19-14-5-3-2-4-13(14)12-15-17-6-7-18-15/h2-7H,8-12H2,1H3,(H,17,18)(H,19,22). The maximum absolute atomic E-state index is 5.58. The van der Waals surface area contributed by atoms with Crippen molar-refractivity contribution in [2.24, 2.45) is 0 Å². The highest BCUT2D eigenvalue weighted by atomic mass is 32.1. The van der Waals surface area contributed by atoms with Crippen molar-refractivity contribution in [1.82, 2.24) is 19.8 Å². The third-order valence-corrected chi connectivity index (χ3v) is 4.32. The fourth-order valence-electron chi connectivity index (χ4n) is 2.58. The van der Waals surface area contributed by atoms with Crippen molar-refractivity contribution >= 4 is 23.0 Å². The first kappa shape index (κ1) is 15.0. The van der Waals surface area contributed by atoms with E-state index in [1.807, 2.05) is 18.3 Å². The monoisotopic (exact) mass is 315 g/mol. The van der Waals surface area contributed by atoms with Crippen LogP contribution in [0.4, 0.5) is 5.69 Å². The summed E-state index contributed by atoms with van der Waals surface area (Å²) in [5.41, 5.74) is 2.25. The Labute approximate surface area is 136 Å². The topological polar surface area (TPSA) is 47.2 Å². The van der Waals surface area contributed by atoms with E-state index in [1.165, 1.54) is 5.56 Å².